The van der Waals surface area contributed by atoms with Crippen molar-refractivity contribution >= 4 is 5.91 Å². The zero-order chi connectivity index (χ0) is 12.5. The molecule has 0 bridgehead atoms. The Balaban J connectivity index is 2.11. The van der Waals surface area contributed by atoms with Gasteiger partial charge in [0.1, 0.15) is 5.75 Å². The number of hydrogen-bond acceptors (Lipinski definition) is 4. The highest BCUT2D eigenvalue weighted by atomic mass is 16.3. The molecule has 1 amide bonds. The second-order valence-corrected chi connectivity index (χ2v) is 3.78. The van der Waals surface area contributed by atoms with Crippen LogP contribution in [0, 0.1) is 0 Å². The molecule has 17 heavy (non-hydrogen) atoms. The fourth-order valence-electron chi connectivity index (χ4n) is 1.29. The highest BCUT2D eigenvalue weighted by Gasteiger charge is 1.99. The summed E-state index contributed by atoms with van der Waals surface area (Å²) in [6.45, 7) is 3.98. The maximum atomic E-state index is 11.3. The minimum absolute atomic E-state index is 0.0676. The Kier molecular flexibility index (Phi) is 6.03. The lowest BCUT2D eigenvalue weighted by molar-refractivity contribution is -0.120. The molecule has 0 saturated carbocycles. The summed E-state index contributed by atoms with van der Waals surface area (Å²) in [6.07, 6.45) is 2.83. The fourth-order valence-corrected chi connectivity index (χ4v) is 1.29. The van der Waals surface area contributed by atoms with Crippen LogP contribution in [0.2, 0.25) is 0 Å². The van der Waals surface area contributed by atoms with Crippen molar-refractivity contribution in [2.45, 2.75) is 26.3 Å². The number of carbonyl (C=O) groups is 1. The topological polar surface area (TPSA) is 74.2 Å². The van der Waals surface area contributed by atoms with Crippen molar-refractivity contribution < 1.29 is 9.90 Å². The average molecular weight is 237 g/mol. The molecule has 1 rings (SSSR count). The Hall–Kier alpha value is -1.62. The number of nitrogens with zero attached hydrogens (tertiary/aromatic N) is 1. The number of pyridine rings is 1. The number of nitrogens with one attached hydrogen (secondary N) is 2. The van der Waals surface area contributed by atoms with Crippen molar-refractivity contribution in [3.05, 3.63) is 24.0 Å². The number of carbonyl (C=O) groups excluding carboxylic acids is 1. The molecule has 5 nitrogen and oxygen atoms in total. The van der Waals surface area contributed by atoms with E-state index in [-0.39, 0.29) is 11.7 Å². The molecule has 0 fully saturated rings. The molecule has 94 valence electrons. The quantitative estimate of drug-likeness (QED) is 0.613. The third kappa shape index (κ3) is 5.87. The van der Waals surface area contributed by atoms with Gasteiger partial charge in [0.15, 0.2) is 0 Å². The summed E-state index contributed by atoms with van der Waals surface area (Å²) in [6, 6.07) is 3.34. The first-order valence-electron chi connectivity index (χ1n) is 5.83. The zero-order valence-corrected chi connectivity index (χ0v) is 10.1. The molecular weight excluding hydrogens is 218 g/mol. The van der Waals surface area contributed by atoms with Gasteiger partial charge in [0.2, 0.25) is 5.91 Å². The molecule has 0 aliphatic heterocycles. The summed E-state index contributed by atoms with van der Waals surface area (Å²) in [7, 11) is 0. The van der Waals surface area contributed by atoms with E-state index in [0.717, 1.165) is 18.7 Å². The standard InChI is InChI=1S/C12H19N3O2/c1-2-6-14-12(17)5-7-13-8-10-3-4-11(16)9-15-10/h3-4,9,13,16H,2,5-8H2,1H3,(H,14,17). The van der Waals surface area contributed by atoms with Gasteiger partial charge in [-0.3, -0.25) is 9.78 Å². The van der Waals surface area contributed by atoms with Crippen molar-refractivity contribution in [2.75, 3.05) is 13.1 Å². The molecule has 0 aliphatic carbocycles. The van der Waals surface area contributed by atoms with Crippen LogP contribution in [0.25, 0.3) is 0 Å². The summed E-state index contributed by atoms with van der Waals surface area (Å²) >= 11 is 0. The lowest BCUT2D eigenvalue weighted by Gasteiger charge is -2.05. The Morgan fingerprint density at radius 1 is 1.41 bits per heavy atom. The second-order valence-electron chi connectivity index (χ2n) is 3.78. The molecule has 3 N–H and O–H groups in total. The van der Waals surface area contributed by atoms with Crippen LogP contribution in [-0.2, 0) is 11.3 Å². The van der Waals surface area contributed by atoms with Crippen molar-refractivity contribution in [1.29, 1.82) is 0 Å². The van der Waals surface area contributed by atoms with Crippen LogP contribution in [0.5, 0.6) is 5.75 Å². The van der Waals surface area contributed by atoms with Gasteiger partial charge in [-0.1, -0.05) is 6.92 Å². The Bertz CT molecular complexity index is 338. The van der Waals surface area contributed by atoms with E-state index in [4.69, 9.17) is 5.11 Å². The summed E-state index contributed by atoms with van der Waals surface area (Å²) in [4.78, 5) is 15.3. The van der Waals surface area contributed by atoms with E-state index in [1.807, 2.05) is 6.92 Å². The molecular formula is C12H19N3O2. The van der Waals surface area contributed by atoms with Crippen LogP contribution in [0.4, 0.5) is 0 Å². The highest BCUT2D eigenvalue weighted by Crippen LogP contribution is 2.05. The minimum Gasteiger partial charge on any atom is -0.506 e. The van der Waals surface area contributed by atoms with Gasteiger partial charge >= 0.3 is 0 Å². The van der Waals surface area contributed by atoms with Gasteiger partial charge in [0.25, 0.3) is 0 Å². The van der Waals surface area contributed by atoms with Crippen LogP contribution in [-0.4, -0.2) is 29.1 Å². The van der Waals surface area contributed by atoms with Gasteiger partial charge in [-0.25, -0.2) is 0 Å². The first kappa shape index (κ1) is 13.4. The molecule has 5 heteroatoms. The average Bonchev–Trinajstić information content (AvgIpc) is 2.34. The maximum absolute atomic E-state index is 11.3. The molecule has 1 aromatic heterocycles. The molecule has 0 saturated heterocycles. The third-order valence-electron chi connectivity index (χ3n) is 2.22. The van der Waals surface area contributed by atoms with Gasteiger partial charge in [0.05, 0.1) is 11.9 Å². The molecule has 0 aromatic carbocycles. The monoisotopic (exact) mass is 237 g/mol. The number of aromatic nitrogens is 1. The SMILES string of the molecule is CCCNC(=O)CCNCc1ccc(O)cn1. The van der Waals surface area contributed by atoms with E-state index in [0.29, 0.717) is 19.5 Å². The van der Waals surface area contributed by atoms with Crippen molar-refractivity contribution in [3.8, 4) is 5.75 Å². The van der Waals surface area contributed by atoms with Crippen LogP contribution >= 0.6 is 0 Å². The Labute approximate surface area is 101 Å². The van der Waals surface area contributed by atoms with Gasteiger partial charge in [-0.05, 0) is 18.6 Å². The third-order valence-corrected chi connectivity index (χ3v) is 2.22. The first-order valence-corrected chi connectivity index (χ1v) is 5.83. The summed E-state index contributed by atoms with van der Waals surface area (Å²) < 4.78 is 0. The van der Waals surface area contributed by atoms with Crippen LogP contribution in [0.1, 0.15) is 25.5 Å². The number of amides is 1. The number of aromatic hydroxyl groups is 1. The smallest absolute Gasteiger partial charge is 0.221 e. The molecule has 1 aromatic rings. The van der Waals surface area contributed by atoms with E-state index in [9.17, 15) is 4.79 Å². The molecule has 0 radical (unpaired) electrons. The highest BCUT2D eigenvalue weighted by molar-refractivity contribution is 5.75. The number of hydrogen-bond donors (Lipinski definition) is 3. The Morgan fingerprint density at radius 3 is 2.88 bits per heavy atom. The lowest BCUT2D eigenvalue weighted by atomic mass is 10.3. The summed E-state index contributed by atoms with van der Waals surface area (Å²) in [5.74, 6) is 0.228. The van der Waals surface area contributed by atoms with Crippen LogP contribution < -0.4 is 10.6 Å². The predicted octanol–water partition coefficient (Wildman–Crippen LogP) is 0.793. The molecule has 1 heterocycles. The zero-order valence-electron chi connectivity index (χ0n) is 10.1. The van der Waals surface area contributed by atoms with E-state index in [1.165, 1.54) is 6.20 Å². The fraction of sp³-hybridized carbons (Fsp3) is 0.500. The van der Waals surface area contributed by atoms with E-state index in [2.05, 4.69) is 15.6 Å². The molecule has 0 spiro atoms. The maximum Gasteiger partial charge on any atom is 0.221 e. The predicted molar refractivity (Wildman–Crippen MR) is 65.5 cm³/mol. The molecule has 0 atom stereocenters. The second kappa shape index (κ2) is 7.62. The van der Waals surface area contributed by atoms with Crippen molar-refractivity contribution in [3.63, 3.8) is 0 Å². The minimum atomic E-state index is 0.0676. The largest absolute Gasteiger partial charge is 0.506 e. The van der Waals surface area contributed by atoms with Gasteiger partial charge < -0.3 is 15.7 Å². The van der Waals surface area contributed by atoms with Crippen LogP contribution in [0.3, 0.4) is 0 Å². The lowest BCUT2D eigenvalue weighted by Crippen LogP contribution is -2.28. The van der Waals surface area contributed by atoms with Crippen molar-refractivity contribution in [2.24, 2.45) is 0 Å². The van der Waals surface area contributed by atoms with Gasteiger partial charge in [-0.15, -0.1) is 0 Å². The van der Waals surface area contributed by atoms with Crippen molar-refractivity contribution in [1.82, 2.24) is 15.6 Å². The summed E-state index contributed by atoms with van der Waals surface area (Å²) in [5.41, 5.74) is 0.844. The van der Waals surface area contributed by atoms with Gasteiger partial charge in [-0.2, -0.15) is 0 Å². The summed E-state index contributed by atoms with van der Waals surface area (Å²) in [5, 5.41) is 15.0. The van der Waals surface area contributed by atoms with E-state index < -0.39 is 0 Å². The molecule has 0 aliphatic rings. The Morgan fingerprint density at radius 2 is 2.24 bits per heavy atom. The number of rotatable bonds is 7. The first-order chi connectivity index (χ1) is 8.22. The normalized spacial score (nSPS) is 10.2. The van der Waals surface area contributed by atoms with E-state index >= 15 is 0 Å². The van der Waals surface area contributed by atoms with E-state index in [1.54, 1.807) is 12.1 Å². The molecule has 0 unspecified atom stereocenters. The van der Waals surface area contributed by atoms with Gasteiger partial charge in [0, 0.05) is 26.1 Å². The van der Waals surface area contributed by atoms with Crippen LogP contribution in [0.15, 0.2) is 18.3 Å².